The van der Waals surface area contributed by atoms with Crippen molar-refractivity contribution in [2.75, 3.05) is 13.1 Å². The molecule has 1 aliphatic rings. The molecule has 1 amide bonds. The Kier molecular flexibility index (Phi) is 3.56. The van der Waals surface area contributed by atoms with Crippen LogP contribution < -0.4 is 4.74 Å². The summed E-state index contributed by atoms with van der Waals surface area (Å²) in [7, 11) is 0. The molecule has 0 bridgehead atoms. The molecule has 5 heteroatoms. The maximum Gasteiger partial charge on any atom is 0.233 e. The average molecular weight is 235 g/mol. The second-order valence-corrected chi connectivity index (χ2v) is 4.23. The molecule has 1 unspecified atom stereocenters. The van der Waals surface area contributed by atoms with Gasteiger partial charge >= 0.3 is 0 Å². The lowest BCUT2D eigenvalue weighted by Crippen LogP contribution is -2.30. The van der Waals surface area contributed by atoms with Crippen molar-refractivity contribution in [1.82, 2.24) is 15.1 Å². The minimum Gasteiger partial charge on any atom is -0.471 e. The summed E-state index contributed by atoms with van der Waals surface area (Å²) >= 11 is 0. The molecule has 0 aliphatic carbocycles. The summed E-state index contributed by atoms with van der Waals surface area (Å²) in [6.45, 7) is 5.19. The van der Waals surface area contributed by atoms with Crippen LogP contribution in [-0.4, -0.2) is 40.2 Å². The monoisotopic (exact) mass is 235 g/mol. The smallest absolute Gasteiger partial charge is 0.233 e. The Morgan fingerprint density at radius 3 is 3.00 bits per heavy atom. The molecule has 1 aromatic rings. The van der Waals surface area contributed by atoms with Gasteiger partial charge < -0.3 is 9.64 Å². The molecule has 0 saturated carbocycles. The number of hydrogen-bond donors (Lipinski definition) is 0. The first-order valence-electron chi connectivity index (χ1n) is 5.94. The van der Waals surface area contributed by atoms with E-state index in [2.05, 4.69) is 10.2 Å². The van der Waals surface area contributed by atoms with Crippen molar-refractivity contribution in [3.05, 3.63) is 17.8 Å². The minimum absolute atomic E-state index is 0.0440. The molecule has 1 aliphatic heterocycles. The van der Waals surface area contributed by atoms with Gasteiger partial charge in [-0.05, 0) is 13.0 Å². The number of nitrogens with zero attached hydrogens (tertiary/aromatic N) is 3. The van der Waals surface area contributed by atoms with Gasteiger partial charge in [-0.25, -0.2) is 0 Å². The topological polar surface area (TPSA) is 55.3 Å². The zero-order chi connectivity index (χ0) is 12.3. The van der Waals surface area contributed by atoms with Crippen molar-refractivity contribution in [2.24, 2.45) is 0 Å². The molecular formula is C12H17N3O2. The highest BCUT2D eigenvalue weighted by Gasteiger charge is 2.26. The van der Waals surface area contributed by atoms with Gasteiger partial charge in [-0.2, -0.15) is 5.10 Å². The van der Waals surface area contributed by atoms with Gasteiger partial charge in [0, 0.05) is 25.5 Å². The fourth-order valence-corrected chi connectivity index (χ4v) is 1.89. The molecule has 92 valence electrons. The van der Waals surface area contributed by atoms with Gasteiger partial charge in [0.25, 0.3) is 0 Å². The predicted octanol–water partition coefficient (Wildman–Crippen LogP) is 1.17. The van der Waals surface area contributed by atoms with Crippen LogP contribution in [0.3, 0.4) is 0 Å². The molecule has 0 N–H and O–H groups in total. The van der Waals surface area contributed by atoms with Crippen molar-refractivity contribution in [1.29, 1.82) is 0 Å². The van der Waals surface area contributed by atoms with Gasteiger partial charge in [0.2, 0.25) is 11.8 Å². The lowest BCUT2D eigenvalue weighted by atomic mass is 10.3. The Bertz CT molecular complexity index is 391. The minimum atomic E-state index is 0.0440. The van der Waals surface area contributed by atoms with Gasteiger partial charge in [-0.15, -0.1) is 5.10 Å². The molecule has 5 nitrogen and oxygen atoms in total. The molecule has 1 aromatic heterocycles. The highest BCUT2D eigenvalue weighted by molar-refractivity contribution is 5.76. The van der Waals surface area contributed by atoms with E-state index in [0.717, 1.165) is 18.7 Å². The first-order chi connectivity index (χ1) is 8.19. The van der Waals surface area contributed by atoms with Crippen LogP contribution in [0.4, 0.5) is 0 Å². The molecule has 1 saturated heterocycles. The lowest BCUT2D eigenvalue weighted by molar-refractivity contribution is -0.130. The van der Waals surface area contributed by atoms with Gasteiger partial charge in [-0.3, -0.25) is 4.79 Å². The van der Waals surface area contributed by atoms with Crippen LogP contribution in [0, 0.1) is 6.92 Å². The standard InChI is InChI=1S/C12H17N3O2/c1-3-12(16)15-7-6-10(8-15)17-11-5-4-9(2)13-14-11/h4-5,10H,3,6-8H2,1-2H3. The summed E-state index contributed by atoms with van der Waals surface area (Å²) in [5, 5.41) is 7.89. The number of amides is 1. The molecule has 1 fully saturated rings. The number of rotatable bonds is 3. The lowest BCUT2D eigenvalue weighted by Gasteiger charge is -2.15. The molecule has 0 aromatic carbocycles. The van der Waals surface area contributed by atoms with Crippen molar-refractivity contribution in [3.63, 3.8) is 0 Å². The number of carbonyl (C=O) groups is 1. The van der Waals surface area contributed by atoms with E-state index in [9.17, 15) is 4.79 Å². The Labute approximate surface area is 101 Å². The van der Waals surface area contributed by atoms with E-state index in [1.54, 1.807) is 0 Å². The number of likely N-dealkylation sites (tertiary alicyclic amines) is 1. The Morgan fingerprint density at radius 2 is 2.35 bits per heavy atom. The molecule has 0 spiro atoms. The van der Waals surface area contributed by atoms with Crippen LogP contribution in [-0.2, 0) is 4.79 Å². The highest BCUT2D eigenvalue weighted by atomic mass is 16.5. The van der Waals surface area contributed by atoms with E-state index in [4.69, 9.17) is 4.74 Å². The van der Waals surface area contributed by atoms with E-state index >= 15 is 0 Å². The largest absolute Gasteiger partial charge is 0.471 e. The van der Waals surface area contributed by atoms with Crippen LogP contribution >= 0.6 is 0 Å². The fraction of sp³-hybridized carbons (Fsp3) is 0.583. The molecule has 2 heterocycles. The summed E-state index contributed by atoms with van der Waals surface area (Å²) < 4.78 is 5.69. The molecule has 1 atom stereocenters. The Balaban J connectivity index is 1.89. The number of aromatic nitrogens is 2. The Morgan fingerprint density at radius 1 is 1.53 bits per heavy atom. The third-order valence-corrected chi connectivity index (χ3v) is 2.86. The highest BCUT2D eigenvalue weighted by Crippen LogP contribution is 2.16. The van der Waals surface area contributed by atoms with Crippen molar-refractivity contribution in [2.45, 2.75) is 32.8 Å². The fourth-order valence-electron chi connectivity index (χ4n) is 1.89. The molecular weight excluding hydrogens is 218 g/mol. The van der Waals surface area contributed by atoms with Crippen LogP contribution in [0.15, 0.2) is 12.1 Å². The van der Waals surface area contributed by atoms with Crippen LogP contribution in [0.2, 0.25) is 0 Å². The van der Waals surface area contributed by atoms with Gasteiger partial charge in [0.1, 0.15) is 6.10 Å². The van der Waals surface area contributed by atoms with Crippen molar-refractivity contribution < 1.29 is 9.53 Å². The molecule has 0 radical (unpaired) electrons. The second-order valence-electron chi connectivity index (χ2n) is 4.23. The summed E-state index contributed by atoms with van der Waals surface area (Å²) in [5.74, 6) is 0.720. The second kappa shape index (κ2) is 5.12. The average Bonchev–Trinajstić information content (AvgIpc) is 2.80. The first kappa shape index (κ1) is 11.8. The Hall–Kier alpha value is -1.65. The molecule has 2 rings (SSSR count). The van der Waals surface area contributed by atoms with Crippen LogP contribution in [0.25, 0.3) is 0 Å². The number of aryl methyl sites for hydroxylation is 1. The quantitative estimate of drug-likeness (QED) is 0.789. The maximum absolute atomic E-state index is 11.5. The number of hydrogen-bond acceptors (Lipinski definition) is 4. The third-order valence-electron chi connectivity index (χ3n) is 2.86. The summed E-state index contributed by atoms with van der Waals surface area (Å²) in [5.41, 5.74) is 0.867. The zero-order valence-corrected chi connectivity index (χ0v) is 10.2. The van der Waals surface area contributed by atoms with Crippen molar-refractivity contribution >= 4 is 5.91 Å². The van der Waals surface area contributed by atoms with Crippen LogP contribution in [0.1, 0.15) is 25.5 Å². The first-order valence-corrected chi connectivity index (χ1v) is 5.94. The van der Waals surface area contributed by atoms with E-state index in [1.165, 1.54) is 0 Å². The van der Waals surface area contributed by atoms with Crippen LogP contribution in [0.5, 0.6) is 5.88 Å². The zero-order valence-electron chi connectivity index (χ0n) is 10.2. The van der Waals surface area contributed by atoms with E-state index in [0.29, 0.717) is 18.8 Å². The van der Waals surface area contributed by atoms with Gasteiger partial charge in [-0.1, -0.05) is 6.92 Å². The van der Waals surface area contributed by atoms with Gasteiger partial charge in [0.15, 0.2) is 0 Å². The summed E-state index contributed by atoms with van der Waals surface area (Å²) in [6.07, 6.45) is 1.46. The normalized spacial score (nSPS) is 19.4. The third kappa shape index (κ3) is 2.93. The van der Waals surface area contributed by atoms with E-state index in [1.807, 2.05) is 30.9 Å². The SMILES string of the molecule is CCC(=O)N1CCC(Oc2ccc(C)nn2)C1. The summed E-state index contributed by atoms with van der Waals surface area (Å²) in [6, 6.07) is 3.68. The van der Waals surface area contributed by atoms with Crippen molar-refractivity contribution in [3.8, 4) is 5.88 Å². The van der Waals surface area contributed by atoms with E-state index in [-0.39, 0.29) is 12.0 Å². The van der Waals surface area contributed by atoms with Gasteiger partial charge in [0.05, 0.1) is 12.2 Å². The number of carbonyl (C=O) groups excluding carboxylic acids is 1. The van der Waals surface area contributed by atoms with E-state index < -0.39 is 0 Å². The summed E-state index contributed by atoms with van der Waals surface area (Å²) in [4.78, 5) is 13.3. The maximum atomic E-state index is 11.5. The predicted molar refractivity (Wildman–Crippen MR) is 62.7 cm³/mol. The number of ether oxygens (including phenoxy) is 1. The molecule has 17 heavy (non-hydrogen) atoms.